The summed E-state index contributed by atoms with van der Waals surface area (Å²) in [6.07, 6.45) is 0.219. The first-order valence-electron chi connectivity index (χ1n) is 10.4. The second kappa shape index (κ2) is 10.4. The summed E-state index contributed by atoms with van der Waals surface area (Å²) in [4.78, 5) is 13.3. The molecule has 0 saturated carbocycles. The number of carbonyl (C=O) groups is 1. The average Bonchev–Trinajstić information content (AvgIpc) is 2.79. The highest BCUT2D eigenvalue weighted by atomic mass is 32.2. The lowest BCUT2D eigenvalue weighted by atomic mass is 10.0. The zero-order valence-electron chi connectivity index (χ0n) is 18.4. The first-order valence-corrected chi connectivity index (χ1v) is 11.8. The van der Waals surface area contributed by atoms with Gasteiger partial charge in [-0.15, -0.1) is 0 Å². The van der Waals surface area contributed by atoms with Crippen LogP contribution in [-0.4, -0.2) is 27.5 Å². The summed E-state index contributed by atoms with van der Waals surface area (Å²) in [7, 11) is -2.32. The summed E-state index contributed by atoms with van der Waals surface area (Å²) < 4.78 is 34.0. The summed E-state index contributed by atoms with van der Waals surface area (Å²) >= 11 is 0. The fourth-order valence-electron chi connectivity index (χ4n) is 3.43. The van der Waals surface area contributed by atoms with Crippen molar-refractivity contribution in [1.82, 2.24) is 10.0 Å². The zero-order chi connectivity index (χ0) is 23.1. The molecule has 32 heavy (non-hydrogen) atoms. The average molecular weight is 453 g/mol. The maximum absolute atomic E-state index is 13.2. The Kier molecular flexibility index (Phi) is 7.66. The lowest BCUT2D eigenvalue weighted by molar-refractivity contribution is -0.123. The molecule has 7 heteroatoms. The third-order valence-electron chi connectivity index (χ3n) is 5.19. The molecule has 0 saturated heterocycles. The lowest BCUT2D eigenvalue weighted by Crippen LogP contribution is -2.48. The summed E-state index contributed by atoms with van der Waals surface area (Å²) in [5.74, 6) is 0.239. The van der Waals surface area contributed by atoms with Crippen molar-refractivity contribution in [2.75, 3.05) is 7.11 Å². The first-order chi connectivity index (χ1) is 15.3. The molecule has 0 unspecified atom stereocenters. The summed E-state index contributed by atoms with van der Waals surface area (Å²) in [6.45, 7) is 3.72. The van der Waals surface area contributed by atoms with Gasteiger partial charge in [0, 0.05) is 5.56 Å². The van der Waals surface area contributed by atoms with E-state index in [-0.39, 0.29) is 17.4 Å². The Morgan fingerprint density at radius 3 is 2.22 bits per heavy atom. The van der Waals surface area contributed by atoms with Gasteiger partial charge in [0.05, 0.1) is 18.0 Å². The molecule has 0 aliphatic rings. The van der Waals surface area contributed by atoms with E-state index in [4.69, 9.17) is 4.74 Å². The fraction of sp³-hybridized carbons (Fsp3) is 0.240. The minimum absolute atomic E-state index is 0.117. The number of methoxy groups -OCH3 is 1. The van der Waals surface area contributed by atoms with Crippen molar-refractivity contribution < 1.29 is 17.9 Å². The fourth-order valence-corrected chi connectivity index (χ4v) is 4.62. The van der Waals surface area contributed by atoms with Gasteiger partial charge in [-0.1, -0.05) is 66.2 Å². The second-order valence-electron chi connectivity index (χ2n) is 7.65. The van der Waals surface area contributed by atoms with Gasteiger partial charge in [0.25, 0.3) is 0 Å². The smallest absolute Gasteiger partial charge is 0.241 e. The minimum Gasteiger partial charge on any atom is -0.496 e. The van der Waals surface area contributed by atoms with Crippen LogP contribution < -0.4 is 14.8 Å². The molecule has 6 nitrogen and oxygen atoms in total. The maximum Gasteiger partial charge on any atom is 0.241 e. The highest BCUT2D eigenvalue weighted by molar-refractivity contribution is 7.89. The van der Waals surface area contributed by atoms with Crippen LogP contribution in [0.4, 0.5) is 0 Å². The number of nitrogens with one attached hydrogen (secondary N) is 2. The highest BCUT2D eigenvalue weighted by Gasteiger charge is 2.27. The standard InChI is InChI=1S/C25H28N2O4S/c1-18-13-15-21(16-14-18)32(29,30)27-23(17-20-9-5-4-6-10-20)25(28)26-19(2)22-11-7-8-12-24(22)31-3/h4-16,19,23,27H,17H2,1-3H3,(H,26,28)/t19-,23+/m1/s1. The van der Waals surface area contributed by atoms with Crippen molar-refractivity contribution in [3.8, 4) is 5.75 Å². The number of amides is 1. The van der Waals surface area contributed by atoms with Crippen LogP contribution in [0.1, 0.15) is 29.7 Å². The van der Waals surface area contributed by atoms with Crippen LogP contribution in [-0.2, 0) is 21.2 Å². The molecular formula is C25H28N2O4S. The molecular weight excluding hydrogens is 424 g/mol. The molecule has 0 radical (unpaired) electrons. The van der Waals surface area contributed by atoms with Gasteiger partial charge >= 0.3 is 0 Å². The third-order valence-corrected chi connectivity index (χ3v) is 6.68. The van der Waals surface area contributed by atoms with Crippen LogP contribution >= 0.6 is 0 Å². The van der Waals surface area contributed by atoms with E-state index in [1.807, 2.05) is 68.4 Å². The summed E-state index contributed by atoms with van der Waals surface area (Å²) in [6, 6.07) is 21.9. The molecule has 0 spiro atoms. The molecule has 168 valence electrons. The Hall–Kier alpha value is -3.16. The van der Waals surface area contributed by atoms with E-state index >= 15 is 0 Å². The third kappa shape index (κ3) is 5.96. The van der Waals surface area contributed by atoms with E-state index < -0.39 is 22.0 Å². The Morgan fingerprint density at radius 2 is 1.56 bits per heavy atom. The molecule has 0 heterocycles. The number of hydrogen-bond acceptors (Lipinski definition) is 4. The number of benzene rings is 3. The Labute approximate surface area is 189 Å². The number of ether oxygens (including phenoxy) is 1. The van der Waals surface area contributed by atoms with Gasteiger partial charge in [0.2, 0.25) is 15.9 Å². The van der Waals surface area contributed by atoms with E-state index in [1.165, 1.54) is 12.1 Å². The van der Waals surface area contributed by atoms with Gasteiger partial charge in [-0.05, 0) is 44.0 Å². The lowest BCUT2D eigenvalue weighted by Gasteiger charge is -2.23. The van der Waals surface area contributed by atoms with E-state index in [1.54, 1.807) is 19.2 Å². The van der Waals surface area contributed by atoms with Crippen molar-refractivity contribution in [1.29, 1.82) is 0 Å². The molecule has 0 aliphatic carbocycles. The van der Waals surface area contributed by atoms with Crippen molar-refractivity contribution in [3.63, 3.8) is 0 Å². The predicted octanol–water partition coefficient (Wildman–Crippen LogP) is 3.77. The number of rotatable bonds is 9. The van der Waals surface area contributed by atoms with E-state index in [0.29, 0.717) is 5.75 Å². The van der Waals surface area contributed by atoms with E-state index in [9.17, 15) is 13.2 Å². The zero-order valence-corrected chi connectivity index (χ0v) is 19.2. The van der Waals surface area contributed by atoms with Crippen LogP contribution in [0.25, 0.3) is 0 Å². The van der Waals surface area contributed by atoms with Gasteiger partial charge in [-0.25, -0.2) is 8.42 Å². The highest BCUT2D eigenvalue weighted by Crippen LogP contribution is 2.24. The van der Waals surface area contributed by atoms with Gasteiger partial charge < -0.3 is 10.1 Å². The van der Waals surface area contributed by atoms with Crippen molar-refractivity contribution in [3.05, 3.63) is 95.6 Å². The maximum atomic E-state index is 13.2. The minimum atomic E-state index is -3.89. The number of sulfonamides is 1. The molecule has 3 aromatic rings. The van der Waals surface area contributed by atoms with Crippen LogP contribution in [0.3, 0.4) is 0 Å². The van der Waals surface area contributed by atoms with Gasteiger partial charge in [0.15, 0.2) is 0 Å². The number of hydrogen-bond donors (Lipinski definition) is 2. The number of carbonyl (C=O) groups excluding carboxylic acids is 1. The van der Waals surface area contributed by atoms with Gasteiger partial charge in [-0.2, -0.15) is 4.72 Å². The molecule has 3 rings (SSSR count). The first kappa shape index (κ1) is 23.5. The Morgan fingerprint density at radius 1 is 0.938 bits per heavy atom. The largest absolute Gasteiger partial charge is 0.496 e. The Balaban J connectivity index is 1.85. The van der Waals surface area contributed by atoms with Crippen LogP contribution in [0.15, 0.2) is 83.8 Å². The molecule has 2 N–H and O–H groups in total. The molecule has 3 aromatic carbocycles. The van der Waals surface area contributed by atoms with Gasteiger partial charge in [0.1, 0.15) is 11.8 Å². The van der Waals surface area contributed by atoms with Crippen LogP contribution in [0.2, 0.25) is 0 Å². The normalized spacial score (nSPS) is 13.2. The molecule has 0 aromatic heterocycles. The second-order valence-corrected chi connectivity index (χ2v) is 9.36. The van der Waals surface area contributed by atoms with Crippen molar-refractivity contribution in [2.45, 2.75) is 37.2 Å². The van der Waals surface area contributed by atoms with Crippen molar-refractivity contribution in [2.24, 2.45) is 0 Å². The van der Waals surface area contributed by atoms with Gasteiger partial charge in [-0.3, -0.25) is 4.79 Å². The summed E-state index contributed by atoms with van der Waals surface area (Å²) in [5.41, 5.74) is 2.61. The predicted molar refractivity (Wildman–Crippen MR) is 125 cm³/mol. The molecule has 0 fully saturated rings. The molecule has 0 aliphatic heterocycles. The van der Waals surface area contributed by atoms with E-state index in [0.717, 1.165) is 16.7 Å². The Bertz CT molecular complexity index is 1150. The molecule has 2 atom stereocenters. The number of aryl methyl sites for hydroxylation is 1. The topological polar surface area (TPSA) is 84.5 Å². The quantitative estimate of drug-likeness (QED) is 0.518. The molecule has 0 bridgehead atoms. The summed E-state index contributed by atoms with van der Waals surface area (Å²) in [5, 5.41) is 2.93. The van der Waals surface area contributed by atoms with Crippen LogP contribution in [0.5, 0.6) is 5.75 Å². The monoisotopic (exact) mass is 452 g/mol. The number of para-hydroxylation sites is 1. The SMILES string of the molecule is COc1ccccc1[C@@H](C)NC(=O)[C@H](Cc1ccccc1)NS(=O)(=O)c1ccc(C)cc1. The van der Waals surface area contributed by atoms with E-state index in [2.05, 4.69) is 10.0 Å². The van der Waals surface area contributed by atoms with Crippen molar-refractivity contribution >= 4 is 15.9 Å². The van der Waals surface area contributed by atoms with Crippen LogP contribution in [0, 0.1) is 6.92 Å². The molecule has 1 amide bonds.